The maximum Gasteiger partial charge on any atom is 0.273 e. The third kappa shape index (κ3) is 1.38. The second kappa shape index (κ2) is 2.72. The van der Waals surface area contributed by atoms with Gasteiger partial charge < -0.3 is 0 Å². The molecule has 58 valence electrons. The first-order valence-corrected chi connectivity index (χ1v) is 4.65. The molecule has 0 aromatic heterocycles. The van der Waals surface area contributed by atoms with Gasteiger partial charge in [0.25, 0.3) is 10.1 Å². The third-order valence-corrected chi connectivity index (χ3v) is 3.06. The standard InChI is InChI=1S/C6H10O3S/c1-2-3-6-4-5-9-10(6,7)8/h2-3,6H,4-5H2,1H3/b3-2-. The molecule has 4 heteroatoms. The third-order valence-electron chi connectivity index (χ3n) is 1.43. The van der Waals surface area contributed by atoms with Crippen LogP contribution in [0.5, 0.6) is 0 Å². The van der Waals surface area contributed by atoms with Gasteiger partial charge in [-0.2, -0.15) is 8.42 Å². The largest absolute Gasteiger partial charge is 0.273 e. The minimum Gasteiger partial charge on any atom is -0.270 e. The van der Waals surface area contributed by atoms with Gasteiger partial charge in [-0.3, -0.25) is 4.18 Å². The molecule has 0 aromatic carbocycles. The Morgan fingerprint density at radius 2 is 2.30 bits per heavy atom. The Labute approximate surface area is 60.8 Å². The summed E-state index contributed by atoms with van der Waals surface area (Å²) in [6, 6.07) is 0. The Hall–Kier alpha value is -0.350. The highest BCUT2D eigenvalue weighted by atomic mass is 32.2. The molecule has 1 fully saturated rings. The highest BCUT2D eigenvalue weighted by Crippen LogP contribution is 2.18. The molecule has 0 aromatic rings. The van der Waals surface area contributed by atoms with E-state index in [0.717, 1.165) is 0 Å². The molecule has 1 heterocycles. The minimum absolute atomic E-state index is 0.331. The van der Waals surface area contributed by atoms with Crippen molar-refractivity contribution in [2.24, 2.45) is 0 Å². The van der Waals surface area contributed by atoms with Gasteiger partial charge in [0, 0.05) is 0 Å². The van der Waals surface area contributed by atoms with Gasteiger partial charge in [0.1, 0.15) is 5.25 Å². The Balaban J connectivity index is 2.79. The van der Waals surface area contributed by atoms with Gasteiger partial charge in [0.2, 0.25) is 0 Å². The summed E-state index contributed by atoms with van der Waals surface area (Å²) < 4.78 is 26.3. The van der Waals surface area contributed by atoms with E-state index in [-0.39, 0.29) is 0 Å². The summed E-state index contributed by atoms with van der Waals surface area (Å²) in [7, 11) is -3.24. The molecule has 3 nitrogen and oxygen atoms in total. The Bertz CT molecular complexity index is 227. The molecule has 1 saturated heterocycles. The van der Waals surface area contributed by atoms with Crippen LogP contribution < -0.4 is 0 Å². The summed E-state index contributed by atoms with van der Waals surface area (Å²) in [4.78, 5) is 0. The summed E-state index contributed by atoms with van der Waals surface area (Å²) in [5, 5.41) is -0.405. The van der Waals surface area contributed by atoms with Crippen molar-refractivity contribution in [3.8, 4) is 0 Å². The zero-order chi connectivity index (χ0) is 7.61. The van der Waals surface area contributed by atoms with Gasteiger partial charge in [0.15, 0.2) is 0 Å². The van der Waals surface area contributed by atoms with Gasteiger partial charge in [-0.1, -0.05) is 12.2 Å². The predicted octanol–water partition coefficient (Wildman–Crippen LogP) is 0.681. The van der Waals surface area contributed by atoms with Crippen molar-refractivity contribution >= 4 is 10.1 Å². The maximum atomic E-state index is 10.9. The van der Waals surface area contributed by atoms with Crippen LogP contribution in [0.4, 0.5) is 0 Å². The molecule has 1 unspecified atom stereocenters. The fraction of sp³-hybridized carbons (Fsp3) is 0.667. The summed E-state index contributed by atoms with van der Waals surface area (Å²) in [6.07, 6.45) is 3.98. The predicted molar refractivity (Wildman–Crippen MR) is 38.1 cm³/mol. The van der Waals surface area contributed by atoms with E-state index in [0.29, 0.717) is 13.0 Å². The highest BCUT2D eigenvalue weighted by Gasteiger charge is 2.29. The summed E-state index contributed by atoms with van der Waals surface area (Å²) in [5.41, 5.74) is 0. The molecule has 1 rings (SSSR count). The van der Waals surface area contributed by atoms with Crippen molar-refractivity contribution in [3.63, 3.8) is 0 Å². The monoisotopic (exact) mass is 162 g/mol. The van der Waals surface area contributed by atoms with E-state index in [1.165, 1.54) is 0 Å². The minimum atomic E-state index is -3.24. The first kappa shape index (κ1) is 7.75. The van der Waals surface area contributed by atoms with E-state index in [1.54, 1.807) is 19.1 Å². The molecule has 0 amide bonds. The average Bonchev–Trinajstić information content (AvgIpc) is 2.13. The van der Waals surface area contributed by atoms with Crippen LogP contribution in [0, 0.1) is 0 Å². The van der Waals surface area contributed by atoms with Crippen LogP contribution >= 0.6 is 0 Å². The molecule has 1 aliphatic heterocycles. The summed E-state index contributed by atoms with van der Waals surface area (Å²) >= 11 is 0. The van der Waals surface area contributed by atoms with Crippen LogP contribution in [0.1, 0.15) is 13.3 Å². The summed E-state index contributed by atoms with van der Waals surface area (Å²) in [6.45, 7) is 2.13. The van der Waals surface area contributed by atoms with Crippen LogP contribution in [0.25, 0.3) is 0 Å². The molecule has 0 saturated carbocycles. The van der Waals surface area contributed by atoms with Gasteiger partial charge in [-0.25, -0.2) is 0 Å². The van der Waals surface area contributed by atoms with E-state index in [4.69, 9.17) is 0 Å². The Morgan fingerprint density at radius 3 is 2.70 bits per heavy atom. The lowest BCUT2D eigenvalue weighted by molar-refractivity contribution is 0.354. The fourth-order valence-corrected chi connectivity index (χ4v) is 2.16. The van der Waals surface area contributed by atoms with Crippen molar-refractivity contribution in [2.75, 3.05) is 6.61 Å². The van der Waals surface area contributed by atoms with Crippen LogP contribution in [0.2, 0.25) is 0 Å². The van der Waals surface area contributed by atoms with Crippen LogP contribution in [-0.4, -0.2) is 20.3 Å². The van der Waals surface area contributed by atoms with Crippen LogP contribution in [0.3, 0.4) is 0 Å². The van der Waals surface area contributed by atoms with Crippen LogP contribution in [0.15, 0.2) is 12.2 Å². The zero-order valence-electron chi connectivity index (χ0n) is 5.78. The lowest BCUT2D eigenvalue weighted by Crippen LogP contribution is -2.11. The first-order valence-electron chi connectivity index (χ1n) is 3.18. The molecular formula is C6H10O3S. The zero-order valence-corrected chi connectivity index (χ0v) is 6.60. The summed E-state index contributed by atoms with van der Waals surface area (Å²) in [5.74, 6) is 0. The number of hydrogen-bond acceptors (Lipinski definition) is 3. The molecule has 1 atom stereocenters. The molecule has 0 bridgehead atoms. The van der Waals surface area contributed by atoms with E-state index < -0.39 is 15.4 Å². The van der Waals surface area contributed by atoms with Crippen molar-refractivity contribution < 1.29 is 12.6 Å². The van der Waals surface area contributed by atoms with Crippen LogP contribution in [-0.2, 0) is 14.3 Å². The van der Waals surface area contributed by atoms with Crippen molar-refractivity contribution in [2.45, 2.75) is 18.6 Å². The second-order valence-electron chi connectivity index (χ2n) is 2.17. The SMILES string of the molecule is C/C=C\C1CCOS1(=O)=O. The number of rotatable bonds is 1. The second-order valence-corrected chi connectivity index (χ2v) is 3.99. The average molecular weight is 162 g/mol. The molecular weight excluding hydrogens is 152 g/mol. The lowest BCUT2D eigenvalue weighted by Gasteiger charge is -1.97. The van der Waals surface area contributed by atoms with Gasteiger partial charge in [-0.15, -0.1) is 0 Å². The Morgan fingerprint density at radius 1 is 1.60 bits per heavy atom. The van der Waals surface area contributed by atoms with Crippen molar-refractivity contribution in [1.29, 1.82) is 0 Å². The normalized spacial score (nSPS) is 31.5. The molecule has 1 aliphatic rings. The molecule has 0 spiro atoms. The lowest BCUT2D eigenvalue weighted by atomic mass is 10.3. The molecule has 0 radical (unpaired) electrons. The van der Waals surface area contributed by atoms with E-state index in [1.807, 2.05) is 0 Å². The smallest absolute Gasteiger partial charge is 0.270 e. The van der Waals surface area contributed by atoms with E-state index in [2.05, 4.69) is 4.18 Å². The highest BCUT2D eigenvalue weighted by molar-refractivity contribution is 7.87. The topological polar surface area (TPSA) is 43.4 Å². The number of hydrogen-bond donors (Lipinski definition) is 0. The molecule has 10 heavy (non-hydrogen) atoms. The number of allylic oxidation sites excluding steroid dienone is 1. The van der Waals surface area contributed by atoms with Gasteiger partial charge in [0.05, 0.1) is 6.61 Å². The molecule has 0 N–H and O–H groups in total. The quantitative estimate of drug-likeness (QED) is 0.420. The van der Waals surface area contributed by atoms with Crippen molar-refractivity contribution in [3.05, 3.63) is 12.2 Å². The van der Waals surface area contributed by atoms with E-state index >= 15 is 0 Å². The van der Waals surface area contributed by atoms with Gasteiger partial charge in [-0.05, 0) is 13.3 Å². The first-order chi connectivity index (χ1) is 4.67. The molecule has 0 aliphatic carbocycles. The Kier molecular flexibility index (Phi) is 2.11. The maximum absolute atomic E-state index is 10.9. The van der Waals surface area contributed by atoms with E-state index in [9.17, 15) is 8.42 Å². The van der Waals surface area contributed by atoms with Crippen molar-refractivity contribution in [1.82, 2.24) is 0 Å². The fourth-order valence-electron chi connectivity index (χ4n) is 0.919. The van der Waals surface area contributed by atoms with Gasteiger partial charge >= 0.3 is 0 Å².